The number of aryl methyl sites for hydroxylation is 1. The van der Waals surface area contributed by atoms with Gasteiger partial charge in [0.1, 0.15) is 0 Å². The molecule has 0 aromatic heterocycles. The van der Waals surface area contributed by atoms with Gasteiger partial charge in [-0.3, -0.25) is 9.69 Å². The second kappa shape index (κ2) is 3.32. The number of nitrogens with zero attached hydrogens (tertiary/aromatic N) is 3. The van der Waals surface area contributed by atoms with Crippen LogP contribution in [0.1, 0.15) is 22.8 Å². The smallest absolute Gasteiger partial charge is 0.262 e. The largest absolute Gasteiger partial charge is 0.314 e. The van der Waals surface area contributed by atoms with E-state index in [0.29, 0.717) is 6.54 Å². The van der Waals surface area contributed by atoms with E-state index in [0.717, 1.165) is 22.8 Å². The number of guanidine groups is 1. The molecule has 0 bridgehead atoms. The molecule has 17 heavy (non-hydrogen) atoms. The lowest BCUT2D eigenvalue weighted by molar-refractivity contribution is 0.0847. The number of hydrogen-bond acceptors (Lipinski definition) is 3. The predicted molar refractivity (Wildman–Crippen MR) is 67.5 cm³/mol. The van der Waals surface area contributed by atoms with E-state index < -0.39 is 0 Å². The highest BCUT2D eigenvalue weighted by molar-refractivity contribution is 6.19. The van der Waals surface area contributed by atoms with Crippen molar-refractivity contribution in [3.8, 4) is 0 Å². The van der Waals surface area contributed by atoms with Gasteiger partial charge in [-0.25, -0.2) is 4.99 Å². The zero-order valence-electron chi connectivity index (χ0n) is 10.3. The van der Waals surface area contributed by atoms with Crippen LogP contribution < -0.4 is 4.90 Å². The fraction of sp³-hybridized carbons (Fsp3) is 0.385. The second-order valence-corrected chi connectivity index (χ2v) is 4.77. The lowest BCUT2D eigenvalue weighted by Crippen LogP contribution is -2.48. The number of carbonyl (C=O) groups is 1. The fourth-order valence-corrected chi connectivity index (χ4v) is 2.45. The van der Waals surface area contributed by atoms with Crippen LogP contribution >= 0.6 is 0 Å². The highest BCUT2D eigenvalue weighted by atomic mass is 16.2. The predicted octanol–water partition coefficient (Wildman–Crippen LogP) is 1.65. The Hall–Kier alpha value is -1.84. The second-order valence-electron chi connectivity index (χ2n) is 4.77. The molecule has 2 aliphatic heterocycles. The van der Waals surface area contributed by atoms with Crippen LogP contribution in [-0.4, -0.2) is 36.4 Å². The lowest BCUT2D eigenvalue weighted by atomic mass is 10.1. The van der Waals surface area contributed by atoms with E-state index in [1.807, 2.05) is 44.0 Å². The Bertz CT molecular complexity index is 535. The van der Waals surface area contributed by atoms with Gasteiger partial charge in [-0.05, 0) is 31.5 Å². The molecule has 1 atom stereocenters. The van der Waals surface area contributed by atoms with Crippen LogP contribution in [0.3, 0.4) is 0 Å². The summed E-state index contributed by atoms with van der Waals surface area (Å²) in [6, 6.07) is 6.11. The van der Waals surface area contributed by atoms with Gasteiger partial charge in [0.2, 0.25) is 5.96 Å². The molecule has 4 heteroatoms. The van der Waals surface area contributed by atoms with Gasteiger partial charge in [-0.15, -0.1) is 0 Å². The highest BCUT2D eigenvalue weighted by Crippen LogP contribution is 2.30. The van der Waals surface area contributed by atoms with Crippen LogP contribution in [0.15, 0.2) is 23.2 Å². The maximum atomic E-state index is 12.3. The molecule has 0 N–H and O–H groups in total. The monoisotopic (exact) mass is 229 g/mol. The Labute approximate surface area is 101 Å². The minimum Gasteiger partial charge on any atom is -0.314 e. The average Bonchev–Trinajstić information content (AvgIpc) is 2.68. The summed E-state index contributed by atoms with van der Waals surface area (Å²) in [4.78, 5) is 20.6. The molecule has 1 amide bonds. The van der Waals surface area contributed by atoms with Crippen molar-refractivity contribution < 1.29 is 4.79 Å². The van der Waals surface area contributed by atoms with Gasteiger partial charge in [0, 0.05) is 7.05 Å². The van der Waals surface area contributed by atoms with Gasteiger partial charge in [0.05, 0.1) is 23.8 Å². The summed E-state index contributed by atoms with van der Waals surface area (Å²) < 4.78 is 0. The third-order valence-electron chi connectivity index (χ3n) is 3.31. The molecule has 0 spiro atoms. The molecule has 3 rings (SSSR count). The van der Waals surface area contributed by atoms with Gasteiger partial charge in [-0.1, -0.05) is 6.07 Å². The van der Waals surface area contributed by atoms with Crippen LogP contribution in [0.4, 0.5) is 5.69 Å². The minimum atomic E-state index is 0.0706. The molecule has 0 fully saturated rings. The molecule has 0 radical (unpaired) electrons. The van der Waals surface area contributed by atoms with Crippen molar-refractivity contribution in [3.05, 3.63) is 29.3 Å². The first-order valence-electron chi connectivity index (χ1n) is 5.82. The van der Waals surface area contributed by atoms with E-state index >= 15 is 0 Å². The summed E-state index contributed by atoms with van der Waals surface area (Å²) in [5.74, 6) is 0.849. The molecular weight excluding hydrogens is 214 g/mol. The van der Waals surface area contributed by atoms with Crippen molar-refractivity contribution in [3.63, 3.8) is 0 Å². The van der Waals surface area contributed by atoms with Crippen molar-refractivity contribution in [2.45, 2.75) is 19.9 Å². The molecule has 1 aromatic carbocycles. The molecule has 0 saturated heterocycles. The van der Waals surface area contributed by atoms with Crippen LogP contribution in [0.25, 0.3) is 0 Å². The molecule has 1 aromatic rings. The van der Waals surface area contributed by atoms with E-state index in [9.17, 15) is 4.79 Å². The van der Waals surface area contributed by atoms with Crippen molar-refractivity contribution in [1.29, 1.82) is 0 Å². The molecule has 4 nitrogen and oxygen atoms in total. The topological polar surface area (TPSA) is 35.9 Å². The molecule has 0 aliphatic carbocycles. The van der Waals surface area contributed by atoms with Crippen molar-refractivity contribution in [2.75, 3.05) is 18.5 Å². The first-order valence-corrected chi connectivity index (χ1v) is 5.82. The van der Waals surface area contributed by atoms with E-state index in [2.05, 4.69) is 4.99 Å². The van der Waals surface area contributed by atoms with Crippen molar-refractivity contribution in [2.24, 2.45) is 4.99 Å². The molecule has 88 valence electrons. The average molecular weight is 229 g/mol. The van der Waals surface area contributed by atoms with Crippen LogP contribution in [-0.2, 0) is 0 Å². The zero-order chi connectivity index (χ0) is 12.2. The highest BCUT2D eigenvalue weighted by Gasteiger charge is 2.37. The number of rotatable bonds is 0. The summed E-state index contributed by atoms with van der Waals surface area (Å²) in [7, 11) is 1.97. The van der Waals surface area contributed by atoms with E-state index in [4.69, 9.17) is 0 Å². The summed E-state index contributed by atoms with van der Waals surface area (Å²) in [6.45, 7) is 4.75. The Morgan fingerprint density at radius 1 is 1.41 bits per heavy atom. The number of hydrogen-bond donors (Lipinski definition) is 0. The van der Waals surface area contributed by atoms with Crippen molar-refractivity contribution >= 4 is 17.6 Å². The quantitative estimate of drug-likeness (QED) is 0.678. The normalized spacial score (nSPS) is 22.4. The van der Waals surface area contributed by atoms with Gasteiger partial charge < -0.3 is 4.90 Å². The Morgan fingerprint density at radius 2 is 2.18 bits per heavy atom. The SMILES string of the molecule is Cc1ccc2c(c1)N(C)C1=NC(C)CN1C2=O. The molecular formula is C13H15N3O. The summed E-state index contributed by atoms with van der Waals surface area (Å²) in [6.07, 6.45) is 0. The van der Waals surface area contributed by atoms with Crippen LogP contribution in [0, 0.1) is 6.92 Å². The first kappa shape index (κ1) is 10.3. The standard InChI is InChI=1S/C13H15N3O/c1-8-4-5-10-11(6-8)15(3)13-14-9(2)7-16(13)12(10)17/h4-6,9H,7H2,1-3H3. The first-order chi connectivity index (χ1) is 8.08. The maximum absolute atomic E-state index is 12.3. The van der Waals surface area contributed by atoms with Gasteiger partial charge in [-0.2, -0.15) is 0 Å². The lowest BCUT2D eigenvalue weighted by Gasteiger charge is -2.33. The Morgan fingerprint density at radius 3 is 2.94 bits per heavy atom. The summed E-state index contributed by atoms with van der Waals surface area (Å²) in [5, 5.41) is 0. The Balaban J connectivity index is 2.18. The summed E-state index contributed by atoms with van der Waals surface area (Å²) in [5.41, 5.74) is 2.88. The zero-order valence-corrected chi connectivity index (χ0v) is 10.3. The molecule has 0 saturated carbocycles. The molecule has 2 aliphatic rings. The molecule has 2 heterocycles. The van der Waals surface area contributed by atoms with E-state index in [-0.39, 0.29) is 11.9 Å². The van der Waals surface area contributed by atoms with Crippen LogP contribution in [0.5, 0.6) is 0 Å². The number of amides is 1. The van der Waals surface area contributed by atoms with Crippen molar-refractivity contribution in [1.82, 2.24) is 4.90 Å². The Kier molecular flexibility index (Phi) is 2.02. The number of fused-ring (bicyclic) bond motifs is 2. The number of aliphatic imine (C=N–C) groups is 1. The third-order valence-corrected chi connectivity index (χ3v) is 3.31. The van der Waals surface area contributed by atoms with Gasteiger partial charge in [0.15, 0.2) is 0 Å². The molecule has 1 unspecified atom stereocenters. The minimum absolute atomic E-state index is 0.0706. The van der Waals surface area contributed by atoms with E-state index in [1.54, 1.807) is 4.90 Å². The number of anilines is 1. The van der Waals surface area contributed by atoms with Gasteiger partial charge in [0.25, 0.3) is 5.91 Å². The maximum Gasteiger partial charge on any atom is 0.262 e. The van der Waals surface area contributed by atoms with E-state index in [1.165, 1.54) is 0 Å². The fourth-order valence-electron chi connectivity index (χ4n) is 2.45. The number of carbonyl (C=O) groups excluding carboxylic acids is 1. The summed E-state index contributed by atoms with van der Waals surface area (Å²) >= 11 is 0. The third kappa shape index (κ3) is 1.37. The number of benzene rings is 1. The van der Waals surface area contributed by atoms with Gasteiger partial charge >= 0.3 is 0 Å². The van der Waals surface area contributed by atoms with Crippen LogP contribution in [0.2, 0.25) is 0 Å².